The van der Waals surface area contributed by atoms with Gasteiger partial charge in [0.15, 0.2) is 5.82 Å². The molecule has 0 amide bonds. The summed E-state index contributed by atoms with van der Waals surface area (Å²) >= 11 is 0. The fourth-order valence-electron chi connectivity index (χ4n) is 2.56. The molecule has 2 aromatic carbocycles. The number of nitrogens with zero attached hydrogens (tertiary/aromatic N) is 3. The molecule has 0 atom stereocenters. The van der Waals surface area contributed by atoms with E-state index < -0.39 is 11.7 Å². The van der Waals surface area contributed by atoms with Crippen LogP contribution in [0, 0.1) is 0 Å². The fourth-order valence-corrected chi connectivity index (χ4v) is 2.56. The average molecular weight is 389 g/mol. The lowest BCUT2D eigenvalue weighted by Gasteiger charge is -2.13. The summed E-state index contributed by atoms with van der Waals surface area (Å²) in [5, 5.41) is 13.2. The summed E-state index contributed by atoms with van der Waals surface area (Å²) in [5.41, 5.74) is 0.145. The van der Waals surface area contributed by atoms with Gasteiger partial charge in [-0.15, -0.1) is 5.10 Å². The van der Waals surface area contributed by atoms with E-state index in [1.807, 2.05) is 24.3 Å². The second-order valence-electron chi connectivity index (χ2n) is 5.86. The number of aromatic nitrogens is 3. The molecule has 9 heteroatoms. The Morgan fingerprint density at radius 1 is 1.07 bits per heavy atom. The average Bonchev–Trinajstić information content (AvgIpc) is 2.68. The third-order valence-corrected chi connectivity index (χ3v) is 3.89. The molecule has 0 saturated heterocycles. The molecule has 1 heterocycles. The molecule has 3 aromatic rings. The largest absolute Gasteiger partial charge is 0.497 e. The van der Waals surface area contributed by atoms with Crippen molar-refractivity contribution < 1.29 is 17.9 Å². The van der Waals surface area contributed by atoms with E-state index in [4.69, 9.17) is 4.74 Å². The number of rotatable bonds is 7. The van der Waals surface area contributed by atoms with E-state index in [0.29, 0.717) is 18.8 Å². The highest BCUT2D eigenvalue weighted by atomic mass is 19.4. The quantitative estimate of drug-likeness (QED) is 0.628. The number of benzene rings is 2. The maximum Gasteiger partial charge on any atom is 0.418 e. The van der Waals surface area contributed by atoms with Gasteiger partial charge >= 0.3 is 6.18 Å². The maximum absolute atomic E-state index is 13.1. The first-order valence-electron chi connectivity index (χ1n) is 8.45. The Labute approximate surface area is 159 Å². The molecule has 0 radical (unpaired) electrons. The smallest absolute Gasteiger partial charge is 0.418 e. The third kappa shape index (κ3) is 5.09. The maximum atomic E-state index is 13.1. The van der Waals surface area contributed by atoms with Crippen LogP contribution >= 0.6 is 0 Å². The highest BCUT2D eigenvalue weighted by molar-refractivity contribution is 5.59. The zero-order chi connectivity index (χ0) is 20.0. The van der Waals surface area contributed by atoms with E-state index in [9.17, 15) is 13.2 Å². The highest BCUT2D eigenvalue weighted by Crippen LogP contribution is 2.35. The van der Waals surface area contributed by atoms with Crippen LogP contribution in [0.5, 0.6) is 5.75 Å². The van der Waals surface area contributed by atoms with Gasteiger partial charge in [-0.25, -0.2) is 0 Å². The molecule has 0 aliphatic carbocycles. The van der Waals surface area contributed by atoms with Gasteiger partial charge in [-0.2, -0.15) is 23.3 Å². The number of methoxy groups -OCH3 is 1. The second kappa shape index (κ2) is 8.55. The van der Waals surface area contributed by atoms with Crippen LogP contribution in [0.25, 0.3) is 0 Å². The van der Waals surface area contributed by atoms with E-state index in [1.54, 1.807) is 7.11 Å². The number of ether oxygens (including phenoxy) is 1. The van der Waals surface area contributed by atoms with Crippen LogP contribution in [-0.2, 0) is 12.6 Å². The molecule has 2 N–H and O–H groups in total. The van der Waals surface area contributed by atoms with Gasteiger partial charge in [0.2, 0.25) is 5.95 Å². The predicted molar refractivity (Wildman–Crippen MR) is 99.7 cm³/mol. The van der Waals surface area contributed by atoms with Crippen LogP contribution in [0.3, 0.4) is 0 Å². The van der Waals surface area contributed by atoms with Crippen LogP contribution in [-0.4, -0.2) is 28.8 Å². The lowest BCUT2D eigenvalue weighted by atomic mass is 10.1. The highest BCUT2D eigenvalue weighted by Gasteiger charge is 2.33. The molecule has 0 bridgehead atoms. The first kappa shape index (κ1) is 19.4. The fraction of sp³-hybridized carbons (Fsp3) is 0.211. The Morgan fingerprint density at radius 2 is 1.89 bits per heavy atom. The standard InChI is InChI=1S/C19H18F3N5O/c1-28-14-6-4-5-13(11-14)9-10-23-17-12-24-27-18(26-17)25-16-8-3-2-7-15(16)19(20,21)22/h2-8,11-12H,9-10H2,1H3,(H2,23,25,26,27). The van der Waals surface area contributed by atoms with E-state index in [-0.39, 0.29) is 11.6 Å². The minimum absolute atomic E-state index is 0.0249. The summed E-state index contributed by atoms with van der Waals surface area (Å²) in [6.45, 7) is 0.560. The predicted octanol–water partition coefficient (Wildman–Crippen LogP) is 4.30. The monoisotopic (exact) mass is 389 g/mol. The van der Waals surface area contributed by atoms with Crippen molar-refractivity contribution in [2.45, 2.75) is 12.6 Å². The van der Waals surface area contributed by atoms with Crippen LogP contribution in [0.2, 0.25) is 0 Å². The zero-order valence-electron chi connectivity index (χ0n) is 15.0. The lowest BCUT2D eigenvalue weighted by Crippen LogP contribution is -2.11. The molecule has 0 aliphatic rings. The Morgan fingerprint density at radius 3 is 2.68 bits per heavy atom. The summed E-state index contributed by atoms with van der Waals surface area (Å²) < 4.78 is 44.5. The Kier molecular flexibility index (Phi) is 5.93. The molecule has 0 saturated carbocycles. The van der Waals surface area contributed by atoms with Crippen LogP contribution in [0.4, 0.5) is 30.6 Å². The van der Waals surface area contributed by atoms with Crippen LogP contribution in [0.15, 0.2) is 54.7 Å². The van der Waals surface area contributed by atoms with Gasteiger partial charge in [-0.05, 0) is 36.2 Å². The summed E-state index contributed by atoms with van der Waals surface area (Å²) in [6.07, 6.45) is -2.36. The molecule has 146 valence electrons. The molecule has 6 nitrogen and oxygen atoms in total. The molecule has 0 fully saturated rings. The van der Waals surface area contributed by atoms with Crippen molar-refractivity contribution in [3.63, 3.8) is 0 Å². The molecule has 0 spiro atoms. The SMILES string of the molecule is COc1cccc(CCNc2cnnc(Nc3ccccc3C(F)(F)F)n2)c1. The first-order chi connectivity index (χ1) is 13.5. The topological polar surface area (TPSA) is 72.0 Å². The van der Waals surface area contributed by atoms with Gasteiger partial charge in [0.1, 0.15) is 5.75 Å². The van der Waals surface area contributed by atoms with E-state index in [2.05, 4.69) is 25.8 Å². The van der Waals surface area contributed by atoms with Gasteiger partial charge in [0, 0.05) is 6.54 Å². The zero-order valence-corrected chi connectivity index (χ0v) is 15.0. The summed E-state index contributed by atoms with van der Waals surface area (Å²) in [4.78, 5) is 4.17. The number of hydrogen-bond acceptors (Lipinski definition) is 6. The van der Waals surface area contributed by atoms with Crippen LogP contribution < -0.4 is 15.4 Å². The molecule has 1 aromatic heterocycles. The number of para-hydroxylation sites is 1. The number of anilines is 3. The van der Waals surface area contributed by atoms with Crippen molar-refractivity contribution in [1.29, 1.82) is 0 Å². The summed E-state index contributed by atoms with van der Waals surface area (Å²) in [7, 11) is 1.61. The van der Waals surface area contributed by atoms with Gasteiger partial charge in [0.05, 0.1) is 24.6 Å². The molecule has 28 heavy (non-hydrogen) atoms. The van der Waals surface area contributed by atoms with Crippen molar-refractivity contribution in [3.8, 4) is 5.75 Å². The molecule has 0 unspecified atom stereocenters. The first-order valence-corrected chi connectivity index (χ1v) is 8.45. The van der Waals surface area contributed by atoms with Crippen molar-refractivity contribution >= 4 is 17.5 Å². The Balaban J connectivity index is 1.65. The Bertz CT molecular complexity index is 933. The van der Waals surface area contributed by atoms with Gasteiger partial charge in [-0.3, -0.25) is 0 Å². The van der Waals surface area contributed by atoms with Gasteiger partial charge in [-0.1, -0.05) is 24.3 Å². The number of alkyl halides is 3. The van der Waals surface area contributed by atoms with E-state index in [1.165, 1.54) is 24.4 Å². The second-order valence-corrected chi connectivity index (χ2v) is 5.86. The van der Waals surface area contributed by atoms with E-state index in [0.717, 1.165) is 17.4 Å². The van der Waals surface area contributed by atoms with Crippen molar-refractivity contribution in [2.75, 3.05) is 24.3 Å². The third-order valence-electron chi connectivity index (χ3n) is 3.89. The lowest BCUT2D eigenvalue weighted by molar-refractivity contribution is -0.136. The number of hydrogen-bond donors (Lipinski definition) is 2. The summed E-state index contributed by atoms with van der Waals surface area (Å²) in [5.74, 6) is 1.16. The van der Waals surface area contributed by atoms with Crippen molar-refractivity contribution in [2.24, 2.45) is 0 Å². The number of halogens is 3. The van der Waals surface area contributed by atoms with Gasteiger partial charge < -0.3 is 15.4 Å². The van der Waals surface area contributed by atoms with E-state index >= 15 is 0 Å². The van der Waals surface area contributed by atoms with Gasteiger partial charge in [0.25, 0.3) is 0 Å². The molecular weight excluding hydrogens is 371 g/mol. The molecule has 3 rings (SSSR count). The van der Waals surface area contributed by atoms with Crippen molar-refractivity contribution in [3.05, 3.63) is 65.9 Å². The minimum Gasteiger partial charge on any atom is -0.497 e. The van der Waals surface area contributed by atoms with Crippen molar-refractivity contribution in [1.82, 2.24) is 15.2 Å². The molecular formula is C19H18F3N5O. The summed E-state index contributed by atoms with van der Waals surface area (Å²) in [6, 6.07) is 12.8. The Hall–Kier alpha value is -3.36. The van der Waals surface area contributed by atoms with Crippen LogP contribution in [0.1, 0.15) is 11.1 Å². The number of nitrogens with one attached hydrogen (secondary N) is 2. The minimum atomic E-state index is -4.48. The normalized spacial score (nSPS) is 11.1. The molecule has 0 aliphatic heterocycles.